The molecule has 19 heavy (non-hydrogen) atoms. The molecule has 1 aromatic rings. The summed E-state index contributed by atoms with van der Waals surface area (Å²) in [6, 6.07) is 6.83. The highest BCUT2D eigenvalue weighted by Crippen LogP contribution is 2.30. The van der Waals surface area contributed by atoms with Crippen LogP contribution in [0.5, 0.6) is 11.5 Å². The SMILES string of the molecule is O=C(NCC(O)C(F)F)C1COc2ccccc2O1. The smallest absolute Gasteiger partial charge is 0.265 e. The summed E-state index contributed by atoms with van der Waals surface area (Å²) in [5.41, 5.74) is 0. The van der Waals surface area contributed by atoms with E-state index in [0.29, 0.717) is 11.5 Å². The van der Waals surface area contributed by atoms with E-state index in [4.69, 9.17) is 14.6 Å². The molecule has 0 saturated carbocycles. The summed E-state index contributed by atoms with van der Waals surface area (Å²) in [5.74, 6) is 0.344. The fraction of sp³-hybridized carbons (Fsp3) is 0.417. The standard InChI is InChI=1S/C12H13F2NO4/c13-11(14)7(16)5-15-12(17)10-6-18-8-3-1-2-4-9(8)19-10/h1-4,7,10-11,16H,5-6H2,(H,15,17). The van der Waals surface area contributed by atoms with Gasteiger partial charge in [0.1, 0.15) is 12.7 Å². The molecular formula is C12H13F2NO4. The maximum atomic E-state index is 12.1. The number of benzene rings is 1. The van der Waals surface area contributed by atoms with E-state index in [-0.39, 0.29) is 6.61 Å². The molecule has 2 N–H and O–H groups in total. The number of carbonyl (C=O) groups is 1. The Labute approximate surface area is 108 Å². The Balaban J connectivity index is 1.89. The van der Waals surface area contributed by atoms with Gasteiger partial charge in [0.25, 0.3) is 12.3 Å². The number of amides is 1. The van der Waals surface area contributed by atoms with E-state index in [2.05, 4.69) is 5.32 Å². The lowest BCUT2D eigenvalue weighted by molar-refractivity contribution is -0.131. The minimum atomic E-state index is -2.90. The number of hydrogen-bond donors (Lipinski definition) is 2. The third kappa shape index (κ3) is 3.31. The molecule has 2 rings (SSSR count). The van der Waals surface area contributed by atoms with Crippen LogP contribution in [-0.2, 0) is 4.79 Å². The maximum Gasteiger partial charge on any atom is 0.265 e. The summed E-state index contributed by atoms with van der Waals surface area (Å²) in [7, 11) is 0. The van der Waals surface area contributed by atoms with Gasteiger partial charge in [-0.2, -0.15) is 0 Å². The lowest BCUT2D eigenvalue weighted by Crippen LogP contribution is -2.46. The van der Waals surface area contributed by atoms with Crippen LogP contribution in [0, 0.1) is 0 Å². The minimum absolute atomic E-state index is 0.00633. The van der Waals surface area contributed by atoms with E-state index in [1.54, 1.807) is 24.3 Å². The van der Waals surface area contributed by atoms with E-state index >= 15 is 0 Å². The van der Waals surface area contributed by atoms with Gasteiger partial charge in [-0.05, 0) is 12.1 Å². The molecule has 0 saturated heterocycles. The van der Waals surface area contributed by atoms with Crippen molar-refractivity contribution in [2.45, 2.75) is 18.6 Å². The van der Waals surface area contributed by atoms with Crippen LogP contribution in [0.1, 0.15) is 0 Å². The number of ether oxygens (including phenoxy) is 2. The quantitative estimate of drug-likeness (QED) is 0.841. The normalized spacial score (nSPS) is 19.1. The number of alkyl halides is 2. The van der Waals surface area contributed by atoms with E-state index < -0.39 is 31.1 Å². The summed E-state index contributed by atoms with van der Waals surface area (Å²) in [4.78, 5) is 11.7. The van der Waals surface area contributed by atoms with Crippen LogP contribution < -0.4 is 14.8 Å². The van der Waals surface area contributed by atoms with Crippen molar-refractivity contribution >= 4 is 5.91 Å². The number of hydrogen-bond acceptors (Lipinski definition) is 4. The Morgan fingerprint density at radius 1 is 1.42 bits per heavy atom. The highest BCUT2D eigenvalue weighted by molar-refractivity contribution is 5.81. The van der Waals surface area contributed by atoms with Gasteiger partial charge in [-0.3, -0.25) is 4.79 Å². The van der Waals surface area contributed by atoms with Crippen LogP contribution in [-0.4, -0.2) is 42.8 Å². The lowest BCUT2D eigenvalue weighted by atomic mass is 10.2. The molecule has 1 aliphatic rings. The molecule has 2 atom stereocenters. The third-order valence-electron chi connectivity index (χ3n) is 2.58. The summed E-state index contributed by atoms with van der Waals surface area (Å²) in [5, 5.41) is 11.1. The van der Waals surface area contributed by atoms with E-state index in [9.17, 15) is 13.6 Å². The topological polar surface area (TPSA) is 67.8 Å². The second-order valence-electron chi connectivity index (χ2n) is 4.01. The molecule has 5 nitrogen and oxygen atoms in total. The van der Waals surface area contributed by atoms with Gasteiger partial charge in [0.15, 0.2) is 11.5 Å². The number of fused-ring (bicyclic) bond motifs is 1. The van der Waals surface area contributed by atoms with Crippen molar-refractivity contribution in [2.75, 3.05) is 13.2 Å². The van der Waals surface area contributed by atoms with Crippen molar-refractivity contribution in [3.63, 3.8) is 0 Å². The van der Waals surface area contributed by atoms with Crippen molar-refractivity contribution in [3.8, 4) is 11.5 Å². The average molecular weight is 273 g/mol. The number of carbonyl (C=O) groups excluding carboxylic acids is 1. The Hall–Kier alpha value is -1.89. The van der Waals surface area contributed by atoms with E-state index in [1.807, 2.05) is 0 Å². The molecule has 0 bridgehead atoms. The van der Waals surface area contributed by atoms with Crippen LogP contribution in [0.2, 0.25) is 0 Å². The zero-order valence-corrected chi connectivity index (χ0v) is 9.88. The van der Waals surface area contributed by atoms with Gasteiger partial charge in [0.05, 0.1) is 0 Å². The van der Waals surface area contributed by atoms with Gasteiger partial charge in [-0.25, -0.2) is 8.78 Å². The molecular weight excluding hydrogens is 260 g/mol. The Bertz CT molecular complexity index is 455. The number of aliphatic hydroxyl groups excluding tert-OH is 1. The van der Waals surface area contributed by atoms with E-state index in [1.165, 1.54) is 0 Å². The predicted molar refractivity (Wildman–Crippen MR) is 61.4 cm³/mol. The molecule has 0 fully saturated rings. The first-order valence-electron chi connectivity index (χ1n) is 5.70. The van der Waals surface area contributed by atoms with Crippen molar-refractivity contribution < 1.29 is 28.2 Å². The first-order valence-corrected chi connectivity index (χ1v) is 5.70. The first-order chi connectivity index (χ1) is 9.08. The summed E-state index contributed by atoms with van der Waals surface area (Å²) in [6.07, 6.45) is -5.70. The highest BCUT2D eigenvalue weighted by Gasteiger charge is 2.28. The Morgan fingerprint density at radius 2 is 2.11 bits per heavy atom. The highest BCUT2D eigenvalue weighted by atomic mass is 19.3. The monoisotopic (exact) mass is 273 g/mol. The van der Waals surface area contributed by atoms with Gasteiger partial charge >= 0.3 is 0 Å². The van der Waals surface area contributed by atoms with Gasteiger partial charge < -0.3 is 19.9 Å². The van der Waals surface area contributed by atoms with Crippen LogP contribution in [0.4, 0.5) is 8.78 Å². The fourth-order valence-electron chi connectivity index (χ4n) is 1.56. The van der Waals surface area contributed by atoms with Crippen molar-refractivity contribution in [3.05, 3.63) is 24.3 Å². The summed E-state index contributed by atoms with van der Waals surface area (Å²) >= 11 is 0. The molecule has 1 heterocycles. The minimum Gasteiger partial charge on any atom is -0.485 e. The number of aliphatic hydroxyl groups is 1. The average Bonchev–Trinajstić information content (AvgIpc) is 2.43. The Morgan fingerprint density at radius 3 is 2.79 bits per heavy atom. The molecule has 7 heteroatoms. The van der Waals surface area contributed by atoms with Crippen LogP contribution in [0.15, 0.2) is 24.3 Å². The van der Waals surface area contributed by atoms with Crippen molar-refractivity contribution in [1.29, 1.82) is 0 Å². The molecule has 1 aromatic carbocycles. The number of para-hydroxylation sites is 2. The molecule has 2 unspecified atom stereocenters. The zero-order valence-electron chi connectivity index (χ0n) is 9.88. The van der Waals surface area contributed by atoms with E-state index in [0.717, 1.165) is 0 Å². The first kappa shape index (κ1) is 13.5. The molecule has 0 spiro atoms. The second-order valence-corrected chi connectivity index (χ2v) is 4.01. The molecule has 0 aliphatic carbocycles. The van der Waals surface area contributed by atoms with Gasteiger partial charge in [-0.15, -0.1) is 0 Å². The Kier molecular flexibility index (Phi) is 4.16. The zero-order chi connectivity index (χ0) is 13.8. The molecule has 1 amide bonds. The van der Waals surface area contributed by atoms with Crippen LogP contribution in [0.3, 0.4) is 0 Å². The summed E-state index contributed by atoms with van der Waals surface area (Å²) in [6.45, 7) is -0.536. The lowest BCUT2D eigenvalue weighted by Gasteiger charge is -2.25. The molecule has 104 valence electrons. The van der Waals surface area contributed by atoms with Gasteiger partial charge in [-0.1, -0.05) is 12.1 Å². The van der Waals surface area contributed by atoms with Crippen molar-refractivity contribution in [1.82, 2.24) is 5.32 Å². The van der Waals surface area contributed by atoms with Crippen LogP contribution in [0.25, 0.3) is 0 Å². The molecule has 0 radical (unpaired) electrons. The third-order valence-corrected chi connectivity index (χ3v) is 2.58. The summed E-state index contributed by atoms with van der Waals surface area (Å²) < 4.78 is 34.8. The number of rotatable bonds is 4. The van der Waals surface area contributed by atoms with Crippen molar-refractivity contribution in [2.24, 2.45) is 0 Å². The predicted octanol–water partition coefficient (Wildman–Crippen LogP) is 0.569. The fourth-order valence-corrected chi connectivity index (χ4v) is 1.56. The van der Waals surface area contributed by atoms with Gasteiger partial charge in [0, 0.05) is 6.54 Å². The van der Waals surface area contributed by atoms with Gasteiger partial charge in [0.2, 0.25) is 6.10 Å². The second kappa shape index (κ2) is 5.83. The van der Waals surface area contributed by atoms with Crippen LogP contribution >= 0.6 is 0 Å². The number of halogens is 2. The largest absolute Gasteiger partial charge is 0.485 e. The maximum absolute atomic E-state index is 12.1. The number of nitrogens with one attached hydrogen (secondary N) is 1. The molecule has 1 aliphatic heterocycles. The molecule has 0 aromatic heterocycles.